The summed E-state index contributed by atoms with van der Waals surface area (Å²) in [6, 6.07) is 18.8. The number of nitrogens with zero attached hydrogens (tertiary/aromatic N) is 1. The summed E-state index contributed by atoms with van der Waals surface area (Å²) in [7, 11) is 0. The molecule has 2 heterocycles. The summed E-state index contributed by atoms with van der Waals surface area (Å²) in [6.45, 7) is 5.57. The number of benzene rings is 2. The molecule has 2 aromatic heterocycles. The van der Waals surface area contributed by atoms with Crippen LogP contribution in [-0.4, -0.2) is 35.1 Å². The minimum atomic E-state index is -0.584. The van der Waals surface area contributed by atoms with Crippen molar-refractivity contribution in [2.24, 2.45) is 0 Å². The van der Waals surface area contributed by atoms with Crippen LogP contribution >= 0.6 is 23.1 Å². The fourth-order valence-corrected chi connectivity index (χ4v) is 5.55. The molecule has 0 aliphatic carbocycles. The van der Waals surface area contributed by atoms with Crippen LogP contribution < -0.4 is 10.6 Å². The predicted octanol–water partition coefficient (Wildman–Crippen LogP) is 6.07. The van der Waals surface area contributed by atoms with E-state index < -0.39 is 5.97 Å². The van der Waals surface area contributed by atoms with Gasteiger partial charge in [0.2, 0.25) is 5.91 Å². The first-order chi connectivity index (χ1) is 17.4. The molecule has 0 atom stereocenters. The Morgan fingerprint density at radius 1 is 1.00 bits per heavy atom. The van der Waals surface area contributed by atoms with Crippen molar-refractivity contribution in [3.05, 3.63) is 82.2 Å². The van der Waals surface area contributed by atoms with Gasteiger partial charge in [0.1, 0.15) is 5.00 Å². The summed E-state index contributed by atoms with van der Waals surface area (Å²) >= 11 is 2.36. The SMILES string of the molecule is CCOC(=O)c1c(NC(=O)CSc2cc(C)c3ccccc3n2)sc(C(=O)Nc2ccccc2)c1C. The van der Waals surface area contributed by atoms with Gasteiger partial charge < -0.3 is 15.4 Å². The van der Waals surface area contributed by atoms with Gasteiger partial charge in [0.05, 0.1) is 33.3 Å². The highest BCUT2D eigenvalue weighted by Crippen LogP contribution is 2.35. The molecule has 184 valence electrons. The van der Waals surface area contributed by atoms with Crippen LogP contribution in [0.2, 0.25) is 0 Å². The van der Waals surface area contributed by atoms with Crippen LogP contribution in [0.15, 0.2) is 65.7 Å². The van der Waals surface area contributed by atoms with Crippen LogP contribution in [0.1, 0.15) is 38.1 Å². The van der Waals surface area contributed by atoms with Gasteiger partial charge in [-0.05, 0) is 56.2 Å². The molecule has 4 rings (SSSR count). The second-order valence-corrected chi connectivity index (χ2v) is 9.95. The number of rotatable bonds is 8. The lowest BCUT2D eigenvalue weighted by Crippen LogP contribution is -2.16. The van der Waals surface area contributed by atoms with Crippen molar-refractivity contribution in [1.29, 1.82) is 0 Å². The van der Waals surface area contributed by atoms with E-state index >= 15 is 0 Å². The maximum Gasteiger partial charge on any atom is 0.341 e. The zero-order valence-electron chi connectivity index (χ0n) is 20.1. The molecule has 2 amide bonds. The van der Waals surface area contributed by atoms with Crippen molar-refractivity contribution < 1.29 is 19.1 Å². The van der Waals surface area contributed by atoms with E-state index in [1.54, 1.807) is 26.0 Å². The standard InChI is InChI=1S/C27H25N3O4S2/c1-4-34-27(33)23-17(3)24(25(32)28-18-10-6-5-7-11-18)36-26(23)30-21(31)15-35-22-14-16(2)19-12-8-9-13-20(19)29-22/h5-14H,4,15H2,1-3H3,(H,28,32)(H,30,31). The summed E-state index contributed by atoms with van der Waals surface area (Å²) in [5, 5.41) is 7.72. The number of para-hydroxylation sites is 2. The molecule has 0 aliphatic rings. The number of nitrogens with one attached hydrogen (secondary N) is 2. The number of amides is 2. The van der Waals surface area contributed by atoms with E-state index in [-0.39, 0.29) is 34.7 Å². The third-order valence-electron chi connectivity index (χ3n) is 5.37. The summed E-state index contributed by atoms with van der Waals surface area (Å²) in [4.78, 5) is 43.4. The van der Waals surface area contributed by atoms with Crippen molar-refractivity contribution in [2.75, 3.05) is 23.0 Å². The van der Waals surface area contributed by atoms with Crippen LogP contribution in [-0.2, 0) is 9.53 Å². The first-order valence-electron chi connectivity index (χ1n) is 11.3. The Labute approximate surface area is 217 Å². The number of carbonyl (C=O) groups is 3. The molecule has 0 unspecified atom stereocenters. The molecule has 0 saturated heterocycles. The second kappa shape index (κ2) is 11.4. The van der Waals surface area contributed by atoms with E-state index in [0.717, 1.165) is 32.8 Å². The second-order valence-electron chi connectivity index (χ2n) is 7.93. The van der Waals surface area contributed by atoms with E-state index in [2.05, 4.69) is 15.6 Å². The molecule has 0 fully saturated rings. The van der Waals surface area contributed by atoms with Crippen molar-refractivity contribution in [3.63, 3.8) is 0 Å². The number of esters is 1. The topological polar surface area (TPSA) is 97.4 Å². The predicted molar refractivity (Wildman–Crippen MR) is 145 cm³/mol. The summed E-state index contributed by atoms with van der Waals surface area (Å²) in [6.07, 6.45) is 0. The smallest absolute Gasteiger partial charge is 0.341 e. The van der Waals surface area contributed by atoms with Gasteiger partial charge in [-0.25, -0.2) is 9.78 Å². The Bertz CT molecular complexity index is 1430. The van der Waals surface area contributed by atoms with Crippen molar-refractivity contribution in [2.45, 2.75) is 25.8 Å². The molecule has 0 radical (unpaired) electrons. The molecule has 2 aromatic carbocycles. The summed E-state index contributed by atoms with van der Waals surface area (Å²) < 4.78 is 5.20. The maximum atomic E-state index is 12.9. The van der Waals surface area contributed by atoms with Crippen LogP contribution in [0.4, 0.5) is 10.7 Å². The van der Waals surface area contributed by atoms with Crippen molar-refractivity contribution in [1.82, 2.24) is 4.98 Å². The Hall–Kier alpha value is -3.69. The Morgan fingerprint density at radius 3 is 2.47 bits per heavy atom. The third-order valence-corrected chi connectivity index (χ3v) is 7.49. The fraction of sp³-hybridized carbons (Fsp3) is 0.185. The van der Waals surface area contributed by atoms with Gasteiger partial charge in [-0.1, -0.05) is 48.2 Å². The zero-order valence-corrected chi connectivity index (χ0v) is 21.7. The number of aryl methyl sites for hydroxylation is 1. The number of anilines is 2. The third kappa shape index (κ3) is 5.75. The van der Waals surface area contributed by atoms with Crippen molar-refractivity contribution >= 4 is 62.5 Å². The minimum Gasteiger partial charge on any atom is -0.462 e. The average Bonchev–Trinajstić information content (AvgIpc) is 3.19. The molecule has 0 spiro atoms. The minimum absolute atomic E-state index is 0.0928. The highest BCUT2D eigenvalue weighted by Gasteiger charge is 2.26. The maximum absolute atomic E-state index is 12.9. The first-order valence-corrected chi connectivity index (χ1v) is 13.1. The van der Waals surface area contributed by atoms with E-state index in [9.17, 15) is 14.4 Å². The molecular weight excluding hydrogens is 494 g/mol. The lowest BCUT2D eigenvalue weighted by molar-refractivity contribution is -0.113. The lowest BCUT2D eigenvalue weighted by Gasteiger charge is -2.08. The number of carbonyl (C=O) groups excluding carboxylic acids is 3. The van der Waals surface area contributed by atoms with Crippen LogP contribution in [0.3, 0.4) is 0 Å². The number of thiophene rings is 1. The molecule has 0 bridgehead atoms. The van der Waals surface area contributed by atoms with Gasteiger partial charge in [-0.2, -0.15) is 0 Å². The molecule has 4 aromatic rings. The zero-order chi connectivity index (χ0) is 25.7. The quantitative estimate of drug-likeness (QED) is 0.217. The number of hydrogen-bond donors (Lipinski definition) is 2. The number of ether oxygens (including phenoxy) is 1. The van der Waals surface area contributed by atoms with Crippen molar-refractivity contribution in [3.8, 4) is 0 Å². The van der Waals surface area contributed by atoms with E-state index in [4.69, 9.17) is 4.74 Å². The summed E-state index contributed by atoms with van der Waals surface area (Å²) in [5.74, 6) is -1.16. The summed E-state index contributed by atoms with van der Waals surface area (Å²) in [5.41, 5.74) is 3.23. The molecule has 9 heteroatoms. The normalized spacial score (nSPS) is 10.8. The molecular formula is C27H25N3O4S2. The fourth-order valence-electron chi connectivity index (χ4n) is 3.67. The van der Waals surface area contributed by atoms with Gasteiger partial charge in [-0.3, -0.25) is 9.59 Å². The monoisotopic (exact) mass is 519 g/mol. The Morgan fingerprint density at radius 2 is 1.72 bits per heavy atom. The molecule has 7 nitrogen and oxygen atoms in total. The first kappa shape index (κ1) is 25.4. The molecule has 0 aliphatic heterocycles. The average molecular weight is 520 g/mol. The van der Waals surface area contributed by atoms with Gasteiger partial charge >= 0.3 is 5.97 Å². The molecule has 0 saturated carbocycles. The van der Waals surface area contributed by atoms with E-state index in [1.807, 2.05) is 55.5 Å². The van der Waals surface area contributed by atoms with E-state index in [0.29, 0.717) is 16.1 Å². The van der Waals surface area contributed by atoms with E-state index in [1.165, 1.54) is 11.8 Å². The number of hydrogen-bond acceptors (Lipinski definition) is 7. The number of aromatic nitrogens is 1. The van der Waals surface area contributed by atoms with Crippen LogP contribution in [0, 0.1) is 13.8 Å². The van der Waals surface area contributed by atoms with Crippen LogP contribution in [0.25, 0.3) is 10.9 Å². The van der Waals surface area contributed by atoms with Gasteiger partial charge in [0.25, 0.3) is 5.91 Å². The highest BCUT2D eigenvalue weighted by molar-refractivity contribution is 7.99. The molecule has 2 N–H and O–H groups in total. The highest BCUT2D eigenvalue weighted by atomic mass is 32.2. The molecule has 36 heavy (non-hydrogen) atoms. The van der Waals surface area contributed by atoms with Gasteiger partial charge in [-0.15, -0.1) is 11.3 Å². The van der Waals surface area contributed by atoms with Gasteiger partial charge in [0.15, 0.2) is 0 Å². The lowest BCUT2D eigenvalue weighted by atomic mass is 10.1. The Kier molecular flexibility index (Phi) is 8.02. The number of fused-ring (bicyclic) bond motifs is 1. The Balaban J connectivity index is 1.52. The largest absolute Gasteiger partial charge is 0.462 e. The van der Waals surface area contributed by atoms with Crippen LogP contribution in [0.5, 0.6) is 0 Å². The number of pyridine rings is 1. The van der Waals surface area contributed by atoms with Gasteiger partial charge in [0, 0.05) is 11.1 Å². The number of thioether (sulfide) groups is 1.